The number of halogens is 1. The van der Waals surface area contributed by atoms with Crippen molar-refractivity contribution in [1.29, 1.82) is 0 Å². The average molecular weight is 300 g/mol. The lowest BCUT2D eigenvalue weighted by molar-refractivity contribution is 0.624. The monoisotopic (exact) mass is 299 g/mol. The molecule has 1 heterocycles. The zero-order valence-electron chi connectivity index (χ0n) is 12.4. The van der Waals surface area contributed by atoms with Crippen LogP contribution in [0.4, 0.5) is 5.69 Å². The highest BCUT2D eigenvalue weighted by atomic mass is 35.5. The maximum atomic E-state index is 6.13. The standard InChI is InChI=1S/C17H18ClN3/c1-10(2)21-16-7-4-11(3)8-15(16)20-17(21)13-9-12(18)5-6-14(13)19/h4-10H,19H2,1-3H3. The van der Waals surface area contributed by atoms with Gasteiger partial charge in [-0.25, -0.2) is 4.98 Å². The fourth-order valence-corrected chi connectivity index (χ4v) is 2.82. The van der Waals surface area contributed by atoms with Crippen LogP contribution in [0, 0.1) is 6.92 Å². The van der Waals surface area contributed by atoms with Gasteiger partial charge in [-0.2, -0.15) is 0 Å². The van der Waals surface area contributed by atoms with Gasteiger partial charge >= 0.3 is 0 Å². The average Bonchev–Trinajstić information content (AvgIpc) is 2.79. The van der Waals surface area contributed by atoms with Crippen molar-refractivity contribution in [3.8, 4) is 11.4 Å². The van der Waals surface area contributed by atoms with Crippen LogP contribution in [0.2, 0.25) is 5.02 Å². The Kier molecular flexibility index (Phi) is 3.38. The Morgan fingerprint density at radius 3 is 2.62 bits per heavy atom. The first kappa shape index (κ1) is 14.0. The molecule has 3 rings (SSSR count). The number of aryl methyl sites for hydroxylation is 1. The first-order chi connectivity index (χ1) is 9.97. The van der Waals surface area contributed by atoms with E-state index in [0.717, 1.165) is 22.4 Å². The minimum absolute atomic E-state index is 0.283. The van der Waals surface area contributed by atoms with Gasteiger partial charge in [0.2, 0.25) is 0 Å². The van der Waals surface area contributed by atoms with E-state index >= 15 is 0 Å². The van der Waals surface area contributed by atoms with Gasteiger partial charge in [-0.15, -0.1) is 0 Å². The van der Waals surface area contributed by atoms with E-state index in [-0.39, 0.29) is 6.04 Å². The molecule has 108 valence electrons. The summed E-state index contributed by atoms with van der Waals surface area (Å²) in [4.78, 5) is 4.79. The second kappa shape index (κ2) is 5.08. The number of hydrogen-bond donors (Lipinski definition) is 1. The summed E-state index contributed by atoms with van der Waals surface area (Å²) in [5, 5.41) is 0.665. The summed E-state index contributed by atoms with van der Waals surface area (Å²) in [5.41, 5.74) is 11.0. The van der Waals surface area contributed by atoms with Gasteiger partial charge in [-0.1, -0.05) is 17.7 Å². The highest BCUT2D eigenvalue weighted by Gasteiger charge is 2.17. The van der Waals surface area contributed by atoms with Gasteiger partial charge in [-0.05, 0) is 56.7 Å². The smallest absolute Gasteiger partial charge is 0.143 e. The Morgan fingerprint density at radius 1 is 1.14 bits per heavy atom. The van der Waals surface area contributed by atoms with Crippen LogP contribution in [-0.2, 0) is 0 Å². The van der Waals surface area contributed by atoms with Gasteiger partial charge in [0.1, 0.15) is 5.82 Å². The Balaban J connectivity index is 2.36. The molecule has 0 aliphatic heterocycles. The Bertz CT molecular complexity index is 818. The van der Waals surface area contributed by atoms with E-state index in [2.05, 4.69) is 43.5 Å². The minimum atomic E-state index is 0.283. The third-order valence-corrected chi connectivity index (χ3v) is 3.85. The molecule has 0 atom stereocenters. The Morgan fingerprint density at radius 2 is 1.90 bits per heavy atom. The van der Waals surface area contributed by atoms with Gasteiger partial charge in [-0.3, -0.25) is 0 Å². The number of nitrogen functional groups attached to an aromatic ring is 1. The van der Waals surface area contributed by atoms with E-state index in [0.29, 0.717) is 10.7 Å². The van der Waals surface area contributed by atoms with Crippen LogP contribution in [0.15, 0.2) is 36.4 Å². The highest BCUT2D eigenvalue weighted by molar-refractivity contribution is 6.31. The molecule has 1 aromatic heterocycles. The van der Waals surface area contributed by atoms with Gasteiger partial charge in [0, 0.05) is 22.3 Å². The molecule has 0 bridgehead atoms. The molecule has 0 saturated carbocycles. The van der Waals surface area contributed by atoms with Crippen molar-refractivity contribution in [2.24, 2.45) is 0 Å². The van der Waals surface area contributed by atoms with E-state index in [1.165, 1.54) is 5.56 Å². The summed E-state index contributed by atoms with van der Waals surface area (Å²) >= 11 is 6.13. The lowest BCUT2D eigenvalue weighted by Gasteiger charge is -2.14. The number of fused-ring (bicyclic) bond motifs is 1. The molecule has 2 aromatic carbocycles. The Labute approximate surface area is 129 Å². The van der Waals surface area contributed by atoms with Gasteiger partial charge < -0.3 is 10.3 Å². The number of anilines is 1. The number of nitrogens with zero attached hydrogens (tertiary/aromatic N) is 2. The summed E-state index contributed by atoms with van der Waals surface area (Å²) in [6.07, 6.45) is 0. The minimum Gasteiger partial charge on any atom is -0.398 e. The highest BCUT2D eigenvalue weighted by Crippen LogP contribution is 2.33. The van der Waals surface area contributed by atoms with Crippen molar-refractivity contribution in [3.63, 3.8) is 0 Å². The predicted molar refractivity (Wildman–Crippen MR) is 89.7 cm³/mol. The SMILES string of the molecule is Cc1ccc2c(c1)nc(-c1cc(Cl)ccc1N)n2C(C)C. The molecule has 0 aliphatic carbocycles. The first-order valence-electron chi connectivity index (χ1n) is 7.01. The second-order valence-electron chi connectivity index (χ2n) is 5.62. The number of aromatic nitrogens is 2. The molecule has 0 radical (unpaired) electrons. The molecule has 2 N–H and O–H groups in total. The van der Waals surface area contributed by atoms with E-state index in [9.17, 15) is 0 Å². The van der Waals surface area contributed by atoms with Gasteiger partial charge in [0.15, 0.2) is 0 Å². The first-order valence-corrected chi connectivity index (χ1v) is 7.39. The maximum absolute atomic E-state index is 6.13. The fourth-order valence-electron chi connectivity index (χ4n) is 2.64. The zero-order valence-corrected chi connectivity index (χ0v) is 13.1. The van der Waals surface area contributed by atoms with Crippen molar-refractivity contribution < 1.29 is 0 Å². The largest absolute Gasteiger partial charge is 0.398 e. The second-order valence-corrected chi connectivity index (χ2v) is 6.06. The third-order valence-electron chi connectivity index (χ3n) is 3.62. The van der Waals surface area contributed by atoms with Crippen molar-refractivity contribution in [2.45, 2.75) is 26.8 Å². The van der Waals surface area contributed by atoms with E-state index < -0.39 is 0 Å². The van der Waals surface area contributed by atoms with E-state index in [1.807, 2.05) is 12.1 Å². The van der Waals surface area contributed by atoms with Crippen LogP contribution >= 0.6 is 11.6 Å². The topological polar surface area (TPSA) is 43.8 Å². The third kappa shape index (κ3) is 2.38. The van der Waals surface area contributed by atoms with Crippen molar-refractivity contribution in [3.05, 3.63) is 47.0 Å². The normalized spacial score (nSPS) is 11.5. The molecular weight excluding hydrogens is 282 g/mol. The van der Waals surface area contributed by atoms with Crippen LogP contribution in [0.3, 0.4) is 0 Å². The number of benzene rings is 2. The van der Waals surface area contributed by atoms with Crippen LogP contribution < -0.4 is 5.73 Å². The number of imidazole rings is 1. The van der Waals surface area contributed by atoms with E-state index in [4.69, 9.17) is 22.3 Å². The molecule has 3 nitrogen and oxygen atoms in total. The Hall–Kier alpha value is -2.00. The molecule has 4 heteroatoms. The van der Waals surface area contributed by atoms with Crippen LogP contribution in [0.25, 0.3) is 22.4 Å². The predicted octanol–water partition coefficient (Wildman–Crippen LogP) is 4.83. The lowest BCUT2D eigenvalue weighted by atomic mass is 10.1. The molecule has 0 aliphatic rings. The summed E-state index contributed by atoms with van der Waals surface area (Å²) in [5.74, 6) is 0.866. The van der Waals surface area contributed by atoms with Gasteiger partial charge in [0.25, 0.3) is 0 Å². The fraction of sp³-hybridized carbons (Fsp3) is 0.235. The number of rotatable bonds is 2. The number of nitrogens with two attached hydrogens (primary N) is 1. The molecule has 0 amide bonds. The van der Waals surface area contributed by atoms with E-state index in [1.54, 1.807) is 6.07 Å². The molecule has 3 aromatic rings. The van der Waals surface area contributed by atoms with Crippen molar-refractivity contribution in [1.82, 2.24) is 9.55 Å². The van der Waals surface area contributed by atoms with Crippen molar-refractivity contribution >= 4 is 28.3 Å². The van der Waals surface area contributed by atoms with Crippen LogP contribution in [0.1, 0.15) is 25.5 Å². The summed E-state index contributed by atoms with van der Waals surface area (Å²) in [7, 11) is 0. The van der Waals surface area contributed by atoms with Gasteiger partial charge in [0.05, 0.1) is 11.0 Å². The summed E-state index contributed by atoms with van der Waals surface area (Å²) < 4.78 is 2.21. The van der Waals surface area contributed by atoms with Crippen LogP contribution in [0.5, 0.6) is 0 Å². The maximum Gasteiger partial charge on any atom is 0.143 e. The molecule has 0 spiro atoms. The van der Waals surface area contributed by atoms with Crippen LogP contribution in [-0.4, -0.2) is 9.55 Å². The molecular formula is C17H18ClN3. The molecule has 0 saturated heterocycles. The zero-order chi connectivity index (χ0) is 15.1. The molecule has 0 unspecified atom stereocenters. The van der Waals surface area contributed by atoms with Crippen molar-refractivity contribution in [2.75, 3.05) is 5.73 Å². The molecule has 21 heavy (non-hydrogen) atoms. The summed E-state index contributed by atoms with van der Waals surface area (Å²) in [6.45, 7) is 6.36. The number of hydrogen-bond acceptors (Lipinski definition) is 2. The summed E-state index contributed by atoms with van der Waals surface area (Å²) in [6, 6.07) is 12.1. The molecule has 0 fully saturated rings. The quantitative estimate of drug-likeness (QED) is 0.689. The lowest BCUT2D eigenvalue weighted by Crippen LogP contribution is -2.04.